The molecule has 1 aliphatic rings. The highest BCUT2D eigenvalue weighted by molar-refractivity contribution is 7.82. The van der Waals surface area contributed by atoms with Crippen LogP contribution >= 0.6 is 0 Å². The lowest BCUT2D eigenvalue weighted by atomic mass is 9.98. The minimum absolute atomic E-state index is 0.0570. The number of hydrogen-bond acceptors (Lipinski definition) is 7. The Morgan fingerprint density at radius 2 is 2.00 bits per heavy atom. The molecule has 3 aromatic rings. The Morgan fingerprint density at radius 1 is 1.19 bits per heavy atom. The van der Waals surface area contributed by atoms with E-state index in [2.05, 4.69) is 59.5 Å². The molecule has 9 heteroatoms. The predicted molar refractivity (Wildman–Crippen MR) is 145 cm³/mol. The maximum Gasteiger partial charge on any atom is 0.223 e. The van der Waals surface area contributed by atoms with Gasteiger partial charge in [0.1, 0.15) is 16.7 Å². The number of anilines is 1. The molecule has 1 aromatic heterocycles. The van der Waals surface area contributed by atoms with Gasteiger partial charge in [0.05, 0.1) is 10.6 Å². The average molecular weight is 509 g/mol. The highest BCUT2D eigenvalue weighted by atomic mass is 32.2. The van der Waals surface area contributed by atoms with Crippen molar-refractivity contribution < 1.29 is 9.32 Å². The summed E-state index contributed by atoms with van der Waals surface area (Å²) >= 11 is 0. The number of rotatable bonds is 9. The molecule has 1 saturated heterocycles. The van der Waals surface area contributed by atoms with Crippen molar-refractivity contribution in [2.45, 2.75) is 57.1 Å². The van der Waals surface area contributed by atoms with Gasteiger partial charge in [-0.3, -0.25) is 4.90 Å². The van der Waals surface area contributed by atoms with E-state index in [0.717, 1.165) is 42.9 Å². The van der Waals surface area contributed by atoms with E-state index in [1.807, 2.05) is 6.07 Å². The van der Waals surface area contributed by atoms with Gasteiger partial charge in [0.2, 0.25) is 5.95 Å². The minimum atomic E-state index is -1.73. The number of nitrogens with one attached hydrogen (secondary N) is 2. The molecule has 4 rings (SSSR count). The first kappa shape index (κ1) is 26.2. The minimum Gasteiger partial charge on any atom is -0.507 e. The number of aromatic hydroxyl groups is 1. The third-order valence-electron chi connectivity index (χ3n) is 6.70. The first-order valence-corrected chi connectivity index (χ1v) is 13.7. The zero-order valence-corrected chi connectivity index (χ0v) is 22.0. The molecule has 3 atom stereocenters. The number of phenolic OH excluding ortho intramolecular Hbond substituents is 1. The highest BCUT2D eigenvalue weighted by Crippen LogP contribution is 2.26. The fraction of sp³-hybridized carbons (Fsp3) is 0.407. The number of piperazine rings is 1. The quantitative estimate of drug-likeness (QED) is 0.351. The van der Waals surface area contributed by atoms with E-state index in [1.165, 1.54) is 17.2 Å². The van der Waals surface area contributed by atoms with Crippen molar-refractivity contribution in [3.8, 4) is 17.0 Å². The molecule has 36 heavy (non-hydrogen) atoms. The topological polar surface area (TPSA) is 116 Å². The van der Waals surface area contributed by atoms with E-state index < -0.39 is 11.0 Å². The fourth-order valence-corrected chi connectivity index (χ4v) is 5.15. The van der Waals surface area contributed by atoms with E-state index in [1.54, 1.807) is 18.3 Å². The summed E-state index contributed by atoms with van der Waals surface area (Å²) in [6, 6.07) is 14.7. The third kappa shape index (κ3) is 6.47. The lowest BCUT2D eigenvalue weighted by molar-refractivity contribution is 0.139. The van der Waals surface area contributed by atoms with Gasteiger partial charge in [-0.25, -0.2) is 19.3 Å². The molecular weight excluding hydrogens is 472 g/mol. The Morgan fingerprint density at radius 3 is 2.78 bits per heavy atom. The molecule has 192 valence electrons. The van der Waals surface area contributed by atoms with Gasteiger partial charge in [-0.1, -0.05) is 25.1 Å². The van der Waals surface area contributed by atoms with Crippen molar-refractivity contribution >= 4 is 16.9 Å². The Labute approximate surface area is 215 Å². The van der Waals surface area contributed by atoms with Crippen LogP contribution < -0.4 is 15.8 Å². The summed E-state index contributed by atoms with van der Waals surface area (Å²) in [5.41, 5.74) is 5.51. The van der Waals surface area contributed by atoms with Gasteiger partial charge in [-0.15, -0.1) is 0 Å². The lowest BCUT2D eigenvalue weighted by Crippen LogP contribution is -2.53. The van der Waals surface area contributed by atoms with Gasteiger partial charge in [-0.05, 0) is 67.6 Å². The molecule has 0 amide bonds. The third-order valence-corrected chi connectivity index (χ3v) is 7.46. The zero-order valence-electron chi connectivity index (χ0n) is 21.2. The number of hydrogen-bond donors (Lipinski definition) is 4. The molecule has 1 fully saturated rings. The second-order valence-electron chi connectivity index (χ2n) is 9.47. The molecule has 0 radical (unpaired) electrons. The Kier molecular flexibility index (Phi) is 8.68. The summed E-state index contributed by atoms with van der Waals surface area (Å²) in [6.07, 6.45) is 3.36. The SMILES string of the molecule is CCc1ccc(CN2CC(C)NC[C@@H]2C)cc1-c1ccnc(NCCc2ccc(O)c(S(N)=O)c2)n1. The van der Waals surface area contributed by atoms with E-state index in [0.29, 0.717) is 31.0 Å². The molecule has 0 bridgehead atoms. The van der Waals surface area contributed by atoms with Gasteiger partial charge < -0.3 is 15.7 Å². The van der Waals surface area contributed by atoms with Crippen molar-refractivity contribution in [3.63, 3.8) is 0 Å². The summed E-state index contributed by atoms with van der Waals surface area (Å²) in [5.74, 6) is 0.504. The zero-order chi connectivity index (χ0) is 25.7. The maximum atomic E-state index is 11.6. The predicted octanol–water partition coefficient (Wildman–Crippen LogP) is 3.23. The molecule has 1 aliphatic heterocycles. The standard InChI is InChI=1S/C27H36N6O2S/c1-4-22-7-5-21(17-33-16-18(2)31-15-19(33)3)13-23(22)24-10-12-30-27(32-24)29-11-9-20-6-8-25(34)26(14-20)36(28)35/h5-8,10,12-14,18-19,31,34H,4,9,11,15-17,28H2,1-3H3,(H,29,30,32)/t18?,19-,36?/m0/s1. The molecule has 2 aromatic carbocycles. The Balaban J connectivity index is 1.47. The van der Waals surface area contributed by atoms with E-state index >= 15 is 0 Å². The molecule has 0 aliphatic carbocycles. The van der Waals surface area contributed by atoms with Crippen LogP contribution in [0.25, 0.3) is 11.3 Å². The molecule has 2 unspecified atom stereocenters. The van der Waals surface area contributed by atoms with Crippen molar-refractivity contribution in [2.24, 2.45) is 5.14 Å². The first-order chi connectivity index (χ1) is 17.3. The maximum absolute atomic E-state index is 11.6. The summed E-state index contributed by atoms with van der Waals surface area (Å²) in [5, 5.41) is 22.1. The van der Waals surface area contributed by atoms with Crippen molar-refractivity contribution in [3.05, 3.63) is 65.4 Å². The lowest BCUT2D eigenvalue weighted by Gasteiger charge is -2.37. The van der Waals surface area contributed by atoms with Gasteiger partial charge >= 0.3 is 0 Å². The Bertz CT molecular complexity index is 1220. The van der Waals surface area contributed by atoms with E-state index in [9.17, 15) is 9.32 Å². The molecule has 5 N–H and O–H groups in total. The second-order valence-corrected chi connectivity index (χ2v) is 10.5. The van der Waals surface area contributed by atoms with Gasteiger partial charge in [0.25, 0.3) is 0 Å². The number of benzene rings is 2. The van der Waals surface area contributed by atoms with Crippen LogP contribution in [-0.2, 0) is 30.4 Å². The first-order valence-electron chi connectivity index (χ1n) is 12.5. The molecule has 2 heterocycles. The normalized spacial score (nSPS) is 19.2. The van der Waals surface area contributed by atoms with Crippen LogP contribution in [0.1, 0.15) is 37.5 Å². The molecule has 0 saturated carbocycles. The van der Waals surface area contributed by atoms with Crippen LogP contribution in [0.4, 0.5) is 5.95 Å². The van der Waals surface area contributed by atoms with Crippen molar-refractivity contribution in [1.29, 1.82) is 0 Å². The van der Waals surface area contributed by atoms with Crippen LogP contribution in [-0.4, -0.2) is 55.9 Å². The number of aromatic nitrogens is 2. The summed E-state index contributed by atoms with van der Waals surface area (Å²) in [6.45, 7) is 10.2. The summed E-state index contributed by atoms with van der Waals surface area (Å²) < 4.78 is 11.6. The summed E-state index contributed by atoms with van der Waals surface area (Å²) in [7, 11) is -1.73. The van der Waals surface area contributed by atoms with E-state index in [-0.39, 0.29) is 10.6 Å². The van der Waals surface area contributed by atoms with Gasteiger partial charge in [0, 0.05) is 50.0 Å². The highest BCUT2D eigenvalue weighted by Gasteiger charge is 2.22. The molecule has 0 spiro atoms. The van der Waals surface area contributed by atoms with Crippen LogP contribution in [0.2, 0.25) is 0 Å². The number of phenols is 1. The van der Waals surface area contributed by atoms with Crippen LogP contribution in [0, 0.1) is 0 Å². The van der Waals surface area contributed by atoms with Crippen molar-refractivity contribution in [2.75, 3.05) is 25.0 Å². The van der Waals surface area contributed by atoms with Crippen LogP contribution in [0.15, 0.2) is 53.6 Å². The van der Waals surface area contributed by atoms with Crippen LogP contribution in [0.3, 0.4) is 0 Å². The number of aryl methyl sites for hydroxylation is 1. The van der Waals surface area contributed by atoms with Crippen LogP contribution in [0.5, 0.6) is 5.75 Å². The Hall–Kier alpha value is -2.85. The molecule has 8 nitrogen and oxygen atoms in total. The average Bonchev–Trinajstić information content (AvgIpc) is 2.87. The fourth-order valence-electron chi connectivity index (χ4n) is 4.61. The number of nitrogens with two attached hydrogens (primary N) is 1. The monoisotopic (exact) mass is 508 g/mol. The van der Waals surface area contributed by atoms with Gasteiger partial charge in [0.15, 0.2) is 0 Å². The largest absolute Gasteiger partial charge is 0.507 e. The van der Waals surface area contributed by atoms with E-state index in [4.69, 9.17) is 10.1 Å². The number of nitrogens with zero attached hydrogens (tertiary/aromatic N) is 3. The smallest absolute Gasteiger partial charge is 0.223 e. The second kappa shape index (κ2) is 11.9. The van der Waals surface area contributed by atoms with Crippen molar-refractivity contribution in [1.82, 2.24) is 20.2 Å². The summed E-state index contributed by atoms with van der Waals surface area (Å²) in [4.78, 5) is 12.0. The van der Waals surface area contributed by atoms with Gasteiger partial charge in [-0.2, -0.15) is 0 Å². The molecular formula is C27H36N6O2S.